The van der Waals surface area contributed by atoms with Crippen LogP contribution >= 0.6 is 0 Å². The summed E-state index contributed by atoms with van der Waals surface area (Å²) in [6.07, 6.45) is 1.09. The Labute approximate surface area is 82.2 Å². The van der Waals surface area contributed by atoms with Crippen LogP contribution in [0.4, 0.5) is 0 Å². The Kier molecular flexibility index (Phi) is 3.64. The van der Waals surface area contributed by atoms with Crippen molar-refractivity contribution in [3.8, 4) is 5.88 Å². The molecule has 1 rings (SSSR count). The number of likely N-dealkylation sites (N-methyl/N-ethyl adjacent to an activating group) is 1. The molecule has 0 saturated heterocycles. The zero-order chi connectivity index (χ0) is 10.6. The van der Waals surface area contributed by atoms with Crippen molar-refractivity contribution < 1.29 is 5.11 Å². The Bertz CT molecular complexity index is 360. The number of hydrogen-bond acceptors (Lipinski definition) is 4. The van der Waals surface area contributed by atoms with Gasteiger partial charge in [0.1, 0.15) is 5.82 Å². The molecule has 0 aliphatic carbocycles. The second-order valence-electron chi connectivity index (χ2n) is 3.02. The topological polar surface area (TPSA) is 78.0 Å². The maximum absolute atomic E-state index is 11.4. The number of aromatic nitrogens is 2. The molecular weight excluding hydrogens is 182 g/mol. The number of aromatic hydroxyl groups is 1. The third-order valence-electron chi connectivity index (χ3n) is 2.01. The first-order valence-electron chi connectivity index (χ1n) is 4.64. The second kappa shape index (κ2) is 4.76. The van der Waals surface area contributed by atoms with E-state index in [9.17, 15) is 9.90 Å². The first-order valence-corrected chi connectivity index (χ1v) is 4.64. The van der Waals surface area contributed by atoms with Crippen LogP contribution in [0.2, 0.25) is 0 Å². The van der Waals surface area contributed by atoms with E-state index in [1.165, 1.54) is 0 Å². The highest BCUT2D eigenvalue weighted by Gasteiger charge is 2.07. The average Bonchev–Trinajstić information content (AvgIpc) is 2.14. The lowest BCUT2D eigenvalue weighted by molar-refractivity contribution is 0.439. The van der Waals surface area contributed by atoms with Gasteiger partial charge in [-0.2, -0.15) is 0 Å². The minimum Gasteiger partial charge on any atom is -0.493 e. The molecule has 0 aromatic carbocycles. The third kappa shape index (κ3) is 2.32. The summed E-state index contributed by atoms with van der Waals surface area (Å²) in [7, 11) is 1.82. The predicted molar refractivity (Wildman–Crippen MR) is 53.5 cm³/mol. The van der Waals surface area contributed by atoms with Crippen LogP contribution < -0.4 is 10.9 Å². The van der Waals surface area contributed by atoms with Crippen LogP contribution in [-0.4, -0.2) is 28.7 Å². The van der Waals surface area contributed by atoms with E-state index in [0.717, 1.165) is 0 Å². The summed E-state index contributed by atoms with van der Waals surface area (Å²) in [5.41, 5.74) is 0.101. The molecule has 1 heterocycles. The van der Waals surface area contributed by atoms with E-state index in [2.05, 4.69) is 15.3 Å². The van der Waals surface area contributed by atoms with Gasteiger partial charge < -0.3 is 15.4 Å². The lowest BCUT2D eigenvalue weighted by atomic mass is 10.2. The predicted octanol–water partition coefficient (Wildman–Crippen LogP) is -0.200. The van der Waals surface area contributed by atoms with Crippen molar-refractivity contribution in [3.63, 3.8) is 0 Å². The normalized spacial score (nSPS) is 10.4. The lowest BCUT2D eigenvalue weighted by Gasteiger charge is -2.03. The van der Waals surface area contributed by atoms with Crippen LogP contribution in [0.15, 0.2) is 4.79 Å². The van der Waals surface area contributed by atoms with Crippen molar-refractivity contribution in [2.45, 2.75) is 19.8 Å². The average molecular weight is 197 g/mol. The van der Waals surface area contributed by atoms with E-state index < -0.39 is 0 Å². The van der Waals surface area contributed by atoms with E-state index in [1.807, 2.05) is 7.05 Å². The van der Waals surface area contributed by atoms with Crippen LogP contribution in [0.3, 0.4) is 0 Å². The van der Waals surface area contributed by atoms with Crippen molar-refractivity contribution in [1.82, 2.24) is 15.3 Å². The third-order valence-corrected chi connectivity index (χ3v) is 2.01. The van der Waals surface area contributed by atoms with Gasteiger partial charge in [0.25, 0.3) is 5.56 Å². The van der Waals surface area contributed by atoms with Gasteiger partial charge in [0, 0.05) is 13.0 Å². The first kappa shape index (κ1) is 10.7. The highest BCUT2D eigenvalue weighted by Crippen LogP contribution is 2.08. The van der Waals surface area contributed by atoms with E-state index in [1.54, 1.807) is 6.92 Å². The molecule has 0 amide bonds. The molecule has 0 fully saturated rings. The van der Waals surface area contributed by atoms with E-state index >= 15 is 0 Å². The molecule has 0 spiro atoms. The largest absolute Gasteiger partial charge is 0.493 e. The Morgan fingerprint density at radius 3 is 2.79 bits per heavy atom. The Hall–Kier alpha value is -1.36. The highest BCUT2D eigenvalue weighted by atomic mass is 16.3. The maximum atomic E-state index is 11.4. The van der Waals surface area contributed by atoms with Crippen LogP contribution in [0, 0.1) is 0 Å². The minimum atomic E-state index is -0.244. The van der Waals surface area contributed by atoms with Crippen LogP contribution in [-0.2, 0) is 12.8 Å². The molecule has 0 bridgehead atoms. The standard InChI is InChI=1S/C9H15N3O2/c1-3-6-8(13)11-7(4-5-10-2)12-9(6)14/h10H,3-5H2,1-2H3,(H2,11,12,13,14). The number of nitrogens with zero attached hydrogens (tertiary/aromatic N) is 1. The van der Waals surface area contributed by atoms with Crippen LogP contribution in [0.1, 0.15) is 18.3 Å². The number of nitrogens with one attached hydrogen (secondary N) is 2. The number of hydrogen-bond donors (Lipinski definition) is 3. The first-order chi connectivity index (χ1) is 6.69. The summed E-state index contributed by atoms with van der Waals surface area (Å²) in [6.45, 7) is 2.52. The molecule has 14 heavy (non-hydrogen) atoms. The molecule has 1 aromatic heterocycles. The number of H-pyrrole nitrogens is 1. The molecule has 78 valence electrons. The van der Waals surface area contributed by atoms with Crippen LogP contribution in [0.5, 0.6) is 5.88 Å². The Balaban J connectivity index is 2.96. The van der Waals surface area contributed by atoms with Gasteiger partial charge in [-0.1, -0.05) is 6.92 Å². The zero-order valence-electron chi connectivity index (χ0n) is 8.42. The SMILES string of the molecule is CCc1c(O)nc(CCNC)[nH]c1=O. The molecule has 1 aromatic rings. The molecule has 5 heteroatoms. The van der Waals surface area contributed by atoms with Gasteiger partial charge in [0.15, 0.2) is 0 Å². The maximum Gasteiger partial charge on any atom is 0.257 e. The summed E-state index contributed by atoms with van der Waals surface area (Å²) in [5.74, 6) is 0.362. The molecule has 5 nitrogen and oxygen atoms in total. The molecule has 0 aliphatic heterocycles. The lowest BCUT2D eigenvalue weighted by Crippen LogP contribution is -2.19. The van der Waals surface area contributed by atoms with Gasteiger partial charge in [-0.25, -0.2) is 4.98 Å². The van der Waals surface area contributed by atoms with Crippen molar-refractivity contribution in [1.29, 1.82) is 0 Å². The monoisotopic (exact) mass is 197 g/mol. The van der Waals surface area contributed by atoms with Crippen molar-refractivity contribution in [2.75, 3.05) is 13.6 Å². The van der Waals surface area contributed by atoms with Gasteiger partial charge in [-0.15, -0.1) is 0 Å². The van der Waals surface area contributed by atoms with Gasteiger partial charge in [-0.3, -0.25) is 4.79 Å². The fourth-order valence-corrected chi connectivity index (χ4v) is 1.21. The van der Waals surface area contributed by atoms with Gasteiger partial charge in [0.2, 0.25) is 5.88 Å². The fraction of sp³-hybridized carbons (Fsp3) is 0.556. The molecule has 0 aliphatic rings. The highest BCUT2D eigenvalue weighted by molar-refractivity contribution is 5.22. The van der Waals surface area contributed by atoms with Gasteiger partial charge >= 0.3 is 0 Å². The Morgan fingerprint density at radius 1 is 1.57 bits per heavy atom. The number of aromatic amines is 1. The van der Waals surface area contributed by atoms with E-state index in [-0.39, 0.29) is 11.4 Å². The fourth-order valence-electron chi connectivity index (χ4n) is 1.21. The molecule has 3 N–H and O–H groups in total. The zero-order valence-corrected chi connectivity index (χ0v) is 8.42. The summed E-state index contributed by atoms with van der Waals surface area (Å²) >= 11 is 0. The summed E-state index contributed by atoms with van der Waals surface area (Å²) < 4.78 is 0. The van der Waals surface area contributed by atoms with Gasteiger partial charge in [-0.05, 0) is 13.5 Å². The molecule has 0 radical (unpaired) electrons. The van der Waals surface area contributed by atoms with E-state index in [0.29, 0.717) is 30.8 Å². The molecule has 0 atom stereocenters. The second-order valence-corrected chi connectivity index (χ2v) is 3.02. The summed E-state index contributed by atoms with van der Waals surface area (Å²) in [4.78, 5) is 17.9. The van der Waals surface area contributed by atoms with Gasteiger partial charge in [0.05, 0.1) is 5.56 Å². The quantitative estimate of drug-likeness (QED) is 0.624. The number of rotatable bonds is 4. The van der Waals surface area contributed by atoms with Crippen molar-refractivity contribution in [2.24, 2.45) is 0 Å². The summed E-state index contributed by atoms with van der Waals surface area (Å²) in [5, 5.41) is 12.4. The molecule has 0 unspecified atom stereocenters. The smallest absolute Gasteiger partial charge is 0.257 e. The molecular formula is C9H15N3O2. The van der Waals surface area contributed by atoms with E-state index in [4.69, 9.17) is 0 Å². The van der Waals surface area contributed by atoms with Crippen LogP contribution in [0.25, 0.3) is 0 Å². The Morgan fingerprint density at radius 2 is 2.29 bits per heavy atom. The van der Waals surface area contributed by atoms with Crippen molar-refractivity contribution >= 4 is 0 Å². The minimum absolute atomic E-state index is 0.151. The molecule has 0 saturated carbocycles. The summed E-state index contributed by atoms with van der Waals surface area (Å²) in [6, 6.07) is 0. The van der Waals surface area contributed by atoms with Crippen molar-refractivity contribution in [3.05, 3.63) is 21.7 Å².